The molecule has 3 aromatic heterocycles. The van der Waals surface area contributed by atoms with E-state index < -0.39 is 6.23 Å². The molecule has 4 rings (SSSR count). The van der Waals surface area contributed by atoms with Gasteiger partial charge in [0.05, 0.1) is 13.2 Å². The molecule has 0 fully saturated rings. The van der Waals surface area contributed by atoms with Crippen LogP contribution in [0.25, 0.3) is 16.8 Å². The molecular weight excluding hydrogens is 406 g/mol. The van der Waals surface area contributed by atoms with Gasteiger partial charge in [-0.05, 0) is 38.6 Å². The normalized spacial score (nSPS) is 13.2. The number of nitrogen functional groups attached to an aromatic ring is 1. The lowest BCUT2D eigenvalue weighted by molar-refractivity contribution is 0.202. The predicted octanol–water partition coefficient (Wildman–Crippen LogP) is 3.07. The fourth-order valence-electron chi connectivity index (χ4n) is 3.58. The number of hydrogen-bond donors (Lipinski definition) is 4. The molecule has 9 nitrogen and oxygen atoms in total. The van der Waals surface area contributed by atoms with Gasteiger partial charge >= 0.3 is 0 Å². The van der Waals surface area contributed by atoms with E-state index in [-0.39, 0.29) is 6.04 Å². The molecule has 0 saturated carbocycles. The highest BCUT2D eigenvalue weighted by atomic mass is 16.5. The summed E-state index contributed by atoms with van der Waals surface area (Å²) in [5, 5.41) is 17.0. The largest absolute Gasteiger partial charge is 0.496 e. The number of nitrogens with one attached hydrogen (secondary N) is 2. The molecule has 1 aromatic carbocycles. The molecule has 0 radical (unpaired) electrons. The maximum absolute atomic E-state index is 10.8. The molecule has 0 aliphatic rings. The van der Waals surface area contributed by atoms with E-state index in [2.05, 4.69) is 20.6 Å². The van der Waals surface area contributed by atoms with Crippen LogP contribution >= 0.6 is 0 Å². The number of pyridine rings is 1. The minimum atomic E-state index is -1.00. The highest BCUT2D eigenvalue weighted by molar-refractivity contribution is 5.86. The van der Waals surface area contributed by atoms with Gasteiger partial charge in [0.1, 0.15) is 34.4 Å². The predicted molar refractivity (Wildman–Crippen MR) is 124 cm³/mol. The minimum absolute atomic E-state index is 0.00671. The summed E-state index contributed by atoms with van der Waals surface area (Å²) >= 11 is 0. The number of aryl methyl sites for hydroxylation is 1. The number of anilines is 2. The Balaban J connectivity index is 1.74. The van der Waals surface area contributed by atoms with E-state index in [4.69, 9.17) is 15.5 Å². The summed E-state index contributed by atoms with van der Waals surface area (Å²) in [4.78, 5) is 13.4. The van der Waals surface area contributed by atoms with Gasteiger partial charge in [-0.3, -0.25) is 4.40 Å². The Morgan fingerprint density at radius 1 is 1.19 bits per heavy atom. The number of aromatic nitrogens is 4. The number of aliphatic hydroxyl groups is 1. The molecule has 2 atom stereocenters. The summed E-state index contributed by atoms with van der Waals surface area (Å²) in [5.74, 6) is 2.29. The standard InChI is InChI=1S/C23H27N7O2/c1-13-5-8-18(27-12-13)28-23(31)16-7-6-15(11-17(16)32-4)19-20-21(24)26-9-10-30(20)22(29-19)14(2)25-3/h5-12,14,23,25,31H,1-4H3,(H2,24,26)(H,27,28)/t14-,23?/m0/s1. The zero-order valence-electron chi connectivity index (χ0n) is 18.5. The molecule has 0 aliphatic heterocycles. The second kappa shape index (κ2) is 8.81. The van der Waals surface area contributed by atoms with E-state index in [1.165, 1.54) is 0 Å². The number of imidazole rings is 1. The highest BCUT2D eigenvalue weighted by Crippen LogP contribution is 2.35. The minimum Gasteiger partial charge on any atom is -0.496 e. The SMILES string of the molecule is CN[C@@H](C)c1nc(-c2ccc(C(O)Nc3ccc(C)cn3)c(OC)c2)c2c(N)nccn12. The van der Waals surface area contributed by atoms with E-state index in [0.29, 0.717) is 28.6 Å². The van der Waals surface area contributed by atoms with Gasteiger partial charge in [0, 0.05) is 29.7 Å². The van der Waals surface area contributed by atoms with Crippen LogP contribution in [0.1, 0.15) is 36.1 Å². The van der Waals surface area contributed by atoms with Crippen LogP contribution in [0.4, 0.5) is 11.6 Å². The summed E-state index contributed by atoms with van der Waals surface area (Å²) in [5.41, 5.74) is 10.1. The van der Waals surface area contributed by atoms with Crippen molar-refractivity contribution in [1.29, 1.82) is 0 Å². The molecule has 32 heavy (non-hydrogen) atoms. The van der Waals surface area contributed by atoms with Crippen molar-refractivity contribution in [3.8, 4) is 17.0 Å². The van der Waals surface area contributed by atoms with E-state index in [9.17, 15) is 5.11 Å². The second-order valence-electron chi connectivity index (χ2n) is 7.58. The summed E-state index contributed by atoms with van der Waals surface area (Å²) in [6.45, 7) is 3.99. The van der Waals surface area contributed by atoms with Crippen molar-refractivity contribution in [2.24, 2.45) is 0 Å². The van der Waals surface area contributed by atoms with Crippen molar-refractivity contribution in [1.82, 2.24) is 24.7 Å². The molecule has 1 unspecified atom stereocenters. The van der Waals surface area contributed by atoms with Crippen molar-refractivity contribution in [2.45, 2.75) is 26.1 Å². The van der Waals surface area contributed by atoms with Crippen molar-refractivity contribution >= 4 is 17.2 Å². The first kappa shape index (κ1) is 21.5. The average Bonchev–Trinajstić information content (AvgIpc) is 3.20. The van der Waals surface area contributed by atoms with Crippen LogP contribution in [0.3, 0.4) is 0 Å². The average molecular weight is 434 g/mol. The lowest BCUT2D eigenvalue weighted by Gasteiger charge is -2.17. The van der Waals surface area contributed by atoms with Crippen LogP contribution in [0, 0.1) is 6.92 Å². The first-order valence-corrected chi connectivity index (χ1v) is 10.3. The van der Waals surface area contributed by atoms with Gasteiger partial charge in [0.2, 0.25) is 0 Å². The van der Waals surface area contributed by atoms with Crippen molar-refractivity contribution in [3.05, 3.63) is 65.9 Å². The fraction of sp³-hybridized carbons (Fsp3) is 0.261. The zero-order chi connectivity index (χ0) is 22.8. The first-order chi connectivity index (χ1) is 15.4. The van der Waals surface area contributed by atoms with Gasteiger partial charge in [0.25, 0.3) is 0 Å². The number of aliphatic hydroxyl groups excluding tert-OH is 1. The summed E-state index contributed by atoms with van der Waals surface area (Å²) < 4.78 is 7.53. The number of ether oxygens (including phenoxy) is 1. The number of methoxy groups -OCH3 is 1. The lowest BCUT2D eigenvalue weighted by atomic mass is 10.1. The van der Waals surface area contributed by atoms with Crippen LogP contribution in [-0.4, -0.2) is 38.6 Å². The molecule has 5 N–H and O–H groups in total. The Hall–Kier alpha value is -3.69. The Morgan fingerprint density at radius 2 is 2.00 bits per heavy atom. The third-order valence-corrected chi connectivity index (χ3v) is 5.43. The fourth-order valence-corrected chi connectivity index (χ4v) is 3.58. The summed E-state index contributed by atoms with van der Waals surface area (Å²) in [6, 6.07) is 9.27. The van der Waals surface area contributed by atoms with Crippen molar-refractivity contribution < 1.29 is 9.84 Å². The van der Waals surface area contributed by atoms with E-state index in [1.54, 1.807) is 25.6 Å². The first-order valence-electron chi connectivity index (χ1n) is 10.3. The molecule has 166 valence electrons. The van der Waals surface area contributed by atoms with E-state index in [1.807, 2.05) is 55.8 Å². The van der Waals surface area contributed by atoms with Crippen LogP contribution in [0.15, 0.2) is 48.9 Å². The number of nitrogens with two attached hydrogens (primary N) is 1. The molecule has 4 aromatic rings. The molecule has 0 saturated heterocycles. The molecule has 0 spiro atoms. The Bertz CT molecular complexity index is 1240. The Kier molecular flexibility index (Phi) is 5.93. The van der Waals surface area contributed by atoms with E-state index >= 15 is 0 Å². The topological polar surface area (TPSA) is 123 Å². The smallest absolute Gasteiger partial charge is 0.155 e. The third kappa shape index (κ3) is 3.95. The Morgan fingerprint density at radius 3 is 2.69 bits per heavy atom. The van der Waals surface area contributed by atoms with Gasteiger partial charge < -0.3 is 26.2 Å². The van der Waals surface area contributed by atoms with Crippen LogP contribution in [0.5, 0.6) is 5.75 Å². The molecule has 0 amide bonds. The second-order valence-corrected chi connectivity index (χ2v) is 7.58. The van der Waals surface area contributed by atoms with Gasteiger partial charge in [0.15, 0.2) is 6.23 Å². The van der Waals surface area contributed by atoms with E-state index in [0.717, 1.165) is 22.5 Å². The van der Waals surface area contributed by atoms with Crippen molar-refractivity contribution in [2.75, 3.05) is 25.2 Å². The molecule has 9 heteroatoms. The maximum Gasteiger partial charge on any atom is 0.155 e. The lowest BCUT2D eigenvalue weighted by Crippen LogP contribution is -2.15. The number of rotatable bonds is 7. The molecule has 0 aliphatic carbocycles. The monoisotopic (exact) mass is 433 g/mol. The quantitative estimate of drug-likeness (QED) is 0.328. The van der Waals surface area contributed by atoms with Gasteiger partial charge in [-0.2, -0.15) is 0 Å². The van der Waals surface area contributed by atoms with Crippen LogP contribution < -0.4 is 21.1 Å². The molecular formula is C23H27N7O2. The summed E-state index contributed by atoms with van der Waals surface area (Å²) in [6.07, 6.45) is 4.24. The molecule has 0 bridgehead atoms. The Labute approximate surface area is 186 Å². The van der Waals surface area contributed by atoms with Gasteiger partial charge in [-0.15, -0.1) is 0 Å². The number of fused-ring (bicyclic) bond motifs is 1. The van der Waals surface area contributed by atoms with Crippen LogP contribution in [0.2, 0.25) is 0 Å². The zero-order valence-corrected chi connectivity index (χ0v) is 18.5. The molecule has 3 heterocycles. The van der Waals surface area contributed by atoms with Gasteiger partial charge in [-0.1, -0.05) is 18.2 Å². The maximum atomic E-state index is 10.8. The number of nitrogens with zero attached hydrogens (tertiary/aromatic N) is 4. The third-order valence-electron chi connectivity index (χ3n) is 5.43. The van der Waals surface area contributed by atoms with Crippen LogP contribution in [-0.2, 0) is 0 Å². The summed E-state index contributed by atoms with van der Waals surface area (Å²) in [7, 11) is 3.44. The highest BCUT2D eigenvalue weighted by Gasteiger charge is 2.21. The number of benzene rings is 1. The van der Waals surface area contributed by atoms with Crippen molar-refractivity contribution in [3.63, 3.8) is 0 Å². The number of hydrogen-bond acceptors (Lipinski definition) is 8. The van der Waals surface area contributed by atoms with Gasteiger partial charge in [-0.25, -0.2) is 15.0 Å².